The van der Waals surface area contributed by atoms with E-state index in [1.807, 2.05) is 18.2 Å². The fraction of sp³-hybridized carbons (Fsp3) is 0.718. The van der Waals surface area contributed by atoms with Crippen molar-refractivity contribution < 1.29 is 61.6 Å². The second-order valence-electron chi connectivity index (χ2n) is 23.7. The molecule has 0 bridgehead atoms. The van der Waals surface area contributed by atoms with Crippen molar-refractivity contribution >= 4 is 0 Å². The Morgan fingerprint density at radius 1 is 0.253 bits per heavy atom. The zero-order valence-electron chi connectivity index (χ0n) is 57.6. The van der Waals surface area contributed by atoms with Crippen LogP contribution in [0, 0.1) is 0 Å². The van der Waals surface area contributed by atoms with Gasteiger partial charge in [0.2, 0.25) is 0 Å². The third kappa shape index (κ3) is 48.0. The predicted octanol–water partition coefficient (Wildman–Crippen LogP) is 17.6. The van der Waals surface area contributed by atoms with Gasteiger partial charge in [0.25, 0.3) is 0 Å². The minimum Gasteiger partial charge on any atom is -0.379 e. The summed E-state index contributed by atoms with van der Waals surface area (Å²) in [5, 5.41) is 0. The van der Waals surface area contributed by atoms with Gasteiger partial charge < -0.3 is 61.6 Å². The lowest BCUT2D eigenvalue weighted by Crippen LogP contribution is -2.34. The zero-order chi connectivity index (χ0) is 64.2. The summed E-state index contributed by atoms with van der Waals surface area (Å²) in [7, 11) is 0. The maximum absolute atomic E-state index is 6.77. The van der Waals surface area contributed by atoms with Crippen molar-refractivity contribution in [1.29, 1.82) is 0 Å². The van der Waals surface area contributed by atoms with Crippen LogP contribution in [-0.4, -0.2) is 165 Å². The van der Waals surface area contributed by atoms with Crippen LogP contribution in [0.1, 0.15) is 210 Å². The second kappa shape index (κ2) is 65.3. The quantitative estimate of drug-likeness (QED) is 0.0303. The predicted molar refractivity (Wildman–Crippen MR) is 373 cm³/mol. The Balaban J connectivity index is 1.07. The summed E-state index contributed by atoms with van der Waals surface area (Å²) in [6, 6.07) is 31.1. The van der Waals surface area contributed by atoms with Crippen LogP contribution in [0.3, 0.4) is 0 Å². The summed E-state index contributed by atoms with van der Waals surface area (Å²) in [5.74, 6) is 0. The molecule has 91 heavy (non-hydrogen) atoms. The number of benzene rings is 3. The summed E-state index contributed by atoms with van der Waals surface area (Å²) < 4.78 is 76.5. The monoisotopic (exact) mass is 1270 g/mol. The van der Waals surface area contributed by atoms with E-state index in [1.165, 1.54) is 167 Å². The van der Waals surface area contributed by atoms with Gasteiger partial charge >= 0.3 is 0 Å². The van der Waals surface area contributed by atoms with Crippen LogP contribution in [0.15, 0.2) is 115 Å². The van der Waals surface area contributed by atoms with Crippen LogP contribution in [0.2, 0.25) is 0 Å². The maximum atomic E-state index is 6.77. The number of hydrogen-bond donors (Lipinski definition) is 0. The standard InChI is InChI=1S/C78H130O13/c1-3-5-7-9-11-13-15-17-19-21-23-25-27-29-31-42-50-88-72-77(90-51-43-32-30-28-26-24-22-20-18-16-14-12-10-8-6-4-2)73-89-69-68-86-65-64-84-61-60-82-57-56-80-53-52-79-54-55-81-58-59-83-62-63-85-66-67-87-70-71-91-78(74-44-36-33-37-45-74,75-46-38-34-39-47-75)76-48-40-35-41-49-76/h17-20,33-41,44-49,77H,3-16,21-32,42-43,50-73H2,1-2H3/b19-17-,20-18-. The van der Waals surface area contributed by atoms with Crippen LogP contribution in [0.5, 0.6) is 0 Å². The lowest BCUT2D eigenvalue weighted by atomic mass is 9.80. The molecule has 0 aliphatic carbocycles. The summed E-state index contributed by atoms with van der Waals surface area (Å²) in [6.45, 7) is 17.0. The molecule has 0 fully saturated rings. The van der Waals surface area contributed by atoms with Gasteiger partial charge in [-0.1, -0.05) is 245 Å². The number of hydrogen-bond acceptors (Lipinski definition) is 13. The lowest BCUT2D eigenvalue weighted by molar-refractivity contribution is -0.0702. The molecule has 3 aromatic rings. The molecule has 3 rings (SSSR count). The topological polar surface area (TPSA) is 120 Å². The van der Waals surface area contributed by atoms with Crippen molar-refractivity contribution in [2.24, 2.45) is 0 Å². The van der Waals surface area contributed by atoms with E-state index in [4.69, 9.17) is 61.6 Å². The van der Waals surface area contributed by atoms with Crippen molar-refractivity contribution in [3.8, 4) is 0 Å². The van der Waals surface area contributed by atoms with Crippen LogP contribution in [0.25, 0.3) is 0 Å². The van der Waals surface area contributed by atoms with Gasteiger partial charge in [0.15, 0.2) is 0 Å². The molecule has 0 aliphatic heterocycles. The molecule has 0 saturated heterocycles. The van der Waals surface area contributed by atoms with Gasteiger partial charge in [0.1, 0.15) is 11.7 Å². The van der Waals surface area contributed by atoms with Crippen LogP contribution in [0.4, 0.5) is 0 Å². The second-order valence-corrected chi connectivity index (χ2v) is 23.7. The fourth-order valence-electron chi connectivity index (χ4n) is 10.6. The molecule has 0 spiro atoms. The van der Waals surface area contributed by atoms with Gasteiger partial charge in [-0.3, -0.25) is 0 Å². The van der Waals surface area contributed by atoms with Crippen molar-refractivity contribution in [2.75, 3.05) is 159 Å². The molecular formula is C78H130O13. The number of rotatable bonds is 71. The summed E-state index contributed by atoms with van der Waals surface area (Å²) >= 11 is 0. The molecule has 0 amide bonds. The van der Waals surface area contributed by atoms with Gasteiger partial charge in [0, 0.05) is 13.2 Å². The van der Waals surface area contributed by atoms with Gasteiger partial charge in [-0.2, -0.15) is 0 Å². The average molecular weight is 1280 g/mol. The zero-order valence-corrected chi connectivity index (χ0v) is 57.6. The molecule has 0 radical (unpaired) electrons. The Bertz CT molecular complexity index is 1860. The molecule has 13 heteroatoms. The largest absolute Gasteiger partial charge is 0.379 e. The van der Waals surface area contributed by atoms with Crippen molar-refractivity contribution in [3.05, 3.63) is 132 Å². The van der Waals surface area contributed by atoms with Gasteiger partial charge in [-0.05, 0) is 80.9 Å². The third-order valence-electron chi connectivity index (χ3n) is 15.9. The van der Waals surface area contributed by atoms with Crippen LogP contribution >= 0.6 is 0 Å². The molecule has 0 aromatic heterocycles. The maximum Gasteiger partial charge on any atom is 0.143 e. The van der Waals surface area contributed by atoms with Crippen molar-refractivity contribution in [1.82, 2.24) is 0 Å². The highest BCUT2D eigenvalue weighted by Gasteiger charge is 2.37. The van der Waals surface area contributed by atoms with E-state index in [0.717, 1.165) is 42.7 Å². The highest BCUT2D eigenvalue weighted by atomic mass is 16.6. The van der Waals surface area contributed by atoms with E-state index < -0.39 is 5.60 Å². The van der Waals surface area contributed by atoms with Gasteiger partial charge in [-0.15, -0.1) is 0 Å². The number of ether oxygens (including phenoxy) is 13. The van der Waals surface area contributed by atoms with Gasteiger partial charge in [-0.25, -0.2) is 0 Å². The van der Waals surface area contributed by atoms with E-state index >= 15 is 0 Å². The van der Waals surface area contributed by atoms with E-state index in [2.05, 4.69) is 111 Å². The SMILES string of the molecule is CCCCCCCC/C=C\CCCCCCCCOCC(COCCOCCOCCOCCOCCOCCOCCOCCOCCOCCOC(c1ccccc1)(c1ccccc1)c1ccccc1)OCCCCCCCC/C=C\CCCCCCCC. The molecule has 13 nitrogen and oxygen atoms in total. The van der Waals surface area contributed by atoms with E-state index in [9.17, 15) is 0 Å². The third-order valence-corrected chi connectivity index (χ3v) is 15.9. The normalized spacial score (nSPS) is 12.4. The fourth-order valence-corrected chi connectivity index (χ4v) is 10.6. The minimum atomic E-state index is -0.758. The average Bonchev–Trinajstić information content (AvgIpc) is 0.841. The smallest absolute Gasteiger partial charge is 0.143 e. The highest BCUT2D eigenvalue weighted by Crippen LogP contribution is 2.40. The highest BCUT2D eigenvalue weighted by molar-refractivity contribution is 5.47. The lowest BCUT2D eigenvalue weighted by Gasteiger charge is -2.36. The molecule has 0 N–H and O–H groups in total. The van der Waals surface area contributed by atoms with Crippen LogP contribution in [-0.2, 0) is 67.2 Å². The van der Waals surface area contributed by atoms with E-state index in [0.29, 0.717) is 145 Å². The van der Waals surface area contributed by atoms with E-state index in [-0.39, 0.29) is 6.10 Å². The first-order chi connectivity index (χ1) is 45.3. The molecule has 0 heterocycles. The molecule has 0 saturated carbocycles. The molecule has 3 aromatic carbocycles. The molecule has 520 valence electrons. The van der Waals surface area contributed by atoms with Gasteiger partial charge in [0.05, 0.1) is 145 Å². The van der Waals surface area contributed by atoms with Crippen LogP contribution < -0.4 is 0 Å². The summed E-state index contributed by atoms with van der Waals surface area (Å²) in [6.07, 6.45) is 46.1. The first-order valence-corrected chi connectivity index (χ1v) is 36.4. The molecular weight excluding hydrogens is 1140 g/mol. The summed E-state index contributed by atoms with van der Waals surface area (Å²) in [5.41, 5.74) is 2.45. The van der Waals surface area contributed by atoms with E-state index in [1.54, 1.807) is 0 Å². The number of allylic oxidation sites excluding steroid dienone is 4. The minimum absolute atomic E-state index is 0.0613. The van der Waals surface area contributed by atoms with Crippen molar-refractivity contribution in [3.63, 3.8) is 0 Å². The van der Waals surface area contributed by atoms with Crippen molar-refractivity contribution in [2.45, 2.75) is 205 Å². The Kier molecular flexibility index (Phi) is 58.7. The first kappa shape index (κ1) is 81.9. The summed E-state index contributed by atoms with van der Waals surface area (Å²) in [4.78, 5) is 0. The molecule has 0 aliphatic rings. The molecule has 1 atom stereocenters. The Morgan fingerprint density at radius 3 is 0.802 bits per heavy atom. The number of unbranched alkanes of at least 4 members (excludes halogenated alkanes) is 24. The Labute approximate surface area is 555 Å². The first-order valence-electron chi connectivity index (χ1n) is 36.4. The molecule has 1 unspecified atom stereocenters. The Hall–Kier alpha value is -3.38. The Morgan fingerprint density at radius 2 is 0.495 bits per heavy atom.